The van der Waals surface area contributed by atoms with E-state index < -0.39 is 5.91 Å². The van der Waals surface area contributed by atoms with Gasteiger partial charge in [-0.15, -0.1) is 0 Å². The summed E-state index contributed by atoms with van der Waals surface area (Å²) in [5, 5.41) is 12.6. The number of rotatable bonds is 2. The standard InChI is InChI=1S/C13H11ClN2O2/c14-8-1-6-11(12(17)7-8)13(18)16-10-4-2-9(15)3-5-10/h1-7,17H,15H2,(H,16,18). The lowest BCUT2D eigenvalue weighted by atomic mass is 10.2. The highest BCUT2D eigenvalue weighted by molar-refractivity contribution is 6.30. The molecule has 5 heteroatoms. The Labute approximate surface area is 109 Å². The molecule has 18 heavy (non-hydrogen) atoms. The second-order valence-electron chi connectivity index (χ2n) is 3.74. The molecule has 2 aromatic carbocycles. The summed E-state index contributed by atoms with van der Waals surface area (Å²) in [5.41, 5.74) is 6.92. The van der Waals surface area contributed by atoms with Gasteiger partial charge in [-0.25, -0.2) is 0 Å². The number of hydrogen-bond donors (Lipinski definition) is 3. The highest BCUT2D eigenvalue weighted by atomic mass is 35.5. The topological polar surface area (TPSA) is 75.3 Å². The van der Waals surface area contributed by atoms with Gasteiger partial charge in [0.1, 0.15) is 5.75 Å². The molecule has 0 aromatic heterocycles. The van der Waals surface area contributed by atoms with Crippen LogP contribution in [0.2, 0.25) is 5.02 Å². The van der Waals surface area contributed by atoms with E-state index in [-0.39, 0.29) is 11.3 Å². The van der Waals surface area contributed by atoms with Crippen molar-refractivity contribution in [2.24, 2.45) is 0 Å². The minimum absolute atomic E-state index is 0.157. The first kappa shape index (κ1) is 12.3. The smallest absolute Gasteiger partial charge is 0.259 e. The predicted octanol–water partition coefficient (Wildman–Crippen LogP) is 2.88. The van der Waals surface area contributed by atoms with E-state index in [9.17, 15) is 9.90 Å². The zero-order chi connectivity index (χ0) is 13.1. The number of phenols is 1. The maximum Gasteiger partial charge on any atom is 0.259 e. The summed E-state index contributed by atoms with van der Waals surface area (Å²) in [6, 6.07) is 11.0. The normalized spacial score (nSPS) is 10.1. The molecule has 0 saturated heterocycles. The minimum Gasteiger partial charge on any atom is -0.507 e. The Kier molecular flexibility index (Phi) is 3.39. The van der Waals surface area contributed by atoms with Crippen molar-refractivity contribution in [1.82, 2.24) is 0 Å². The highest BCUT2D eigenvalue weighted by Crippen LogP contribution is 2.23. The third-order valence-electron chi connectivity index (χ3n) is 2.37. The first-order valence-corrected chi connectivity index (χ1v) is 5.59. The molecule has 0 atom stereocenters. The van der Waals surface area contributed by atoms with Gasteiger partial charge in [0, 0.05) is 16.4 Å². The van der Waals surface area contributed by atoms with Crippen molar-refractivity contribution < 1.29 is 9.90 Å². The van der Waals surface area contributed by atoms with E-state index in [1.54, 1.807) is 30.3 Å². The third-order valence-corrected chi connectivity index (χ3v) is 2.61. The fourth-order valence-electron chi connectivity index (χ4n) is 1.46. The molecule has 0 unspecified atom stereocenters. The van der Waals surface area contributed by atoms with Gasteiger partial charge in [-0.3, -0.25) is 4.79 Å². The Bertz CT molecular complexity index is 582. The number of nitrogens with one attached hydrogen (secondary N) is 1. The van der Waals surface area contributed by atoms with Crippen molar-refractivity contribution in [1.29, 1.82) is 0 Å². The van der Waals surface area contributed by atoms with E-state index in [1.165, 1.54) is 12.1 Å². The van der Waals surface area contributed by atoms with Crippen LogP contribution in [0.5, 0.6) is 5.75 Å². The highest BCUT2D eigenvalue weighted by Gasteiger charge is 2.11. The number of benzene rings is 2. The van der Waals surface area contributed by atoms with E-state index in [1.807, 2.05) is 0 Å². The molecule has 0 aliphatic carbocycles. The van der Waals surface area contributed by atoms with E-state index in [0.29, 0.717) is 16.4 Å². The van der Waals surface area contributed by atoms with Gasteiger partial charge in [0.25, 0.3) is 5.91 Å². The maximum absolute atomic E-state index is 11.9. The van der Waals surface area contributed by atoms with Gasteiger partial charge in [0.15, 0.2) is 0 Å². The number of anilines is 2. The largest absolute Gasteiger partial charge is 0.507 e. The fraction of sp³-hybridized carbons (Fsp3) is 0. The number of nitrogens with two attached hydrogens (primary N) is 1. The van der Waals surface area contributed by atoms with E-state index in [4.69, 9.17) is 17.3 Å². The third kappa shape index (κ3) is 2.73. The second kappa shape index (κ2) is 4.98. The van der Waals surface area contributed by atoms with Gasteiger partial charge in [-0.05, 0) is 42.5 Å². The molecule has 2 rings (SSSR count). The monoisotopic (exact) mass is 262 g/mol. The lowest BCUT2D eigenvalue weighted by molar-refractivity contribution is 0.102. The van der Waals surface area contributed by atoms with Crippen molar-refractivity contribution >= 4 is 28.9 Å². The number of hydrogen-bond acceptors (Lipinski definition) is 3. The molecule has 4 N–H and O–H groups in total. The van der Waals surface area contributed by atoms with Crippen molar-refractivity contribution in [3.05, 3.63) is 53.1 Å². The number of carbonyl (C=O) groups is 1. The number of halogens is 1. The molecule has 0 spiro atoms. The number of aromatic hydroxyl groups is 1. The molecule has 0 fully saturated rings. The van der Waals surface area contributed by atoms with E-state index >= 15 is 0 Å². The number of carbonyl (C=O) groups excluding carboxylic acids is 1. The summed E-state index contributed by atoms with van der Waals surface area (Å²) < 4.78 is 0. The van der Waals surface area contributed by atoms with Gasteiger partial charge in [0.05, 0.1) is 5.56 Å². The minimum atomic E-state index is -0.408. The zero-order valence-corrected chi connectivity index (χ0v) is 10.1. The quantitative estimate of drug-likeness (QED) is 0.729. The second-order valence-corrected chi connectivity index (χ2v) is 4.17. The Balaban J connectivity index is 2.19. The Morgan fingerprint density at radius 2 is 1.83 bits per heavy atom. The summed E-state index contributed by atoms with van der Waals surface area (Å²) >= 11 is 5.69. The average Bonchev–Trinajstić information content (AvgIpc) is 2.32. The molecule has 92 valence electrons. The van der Waals surface area contributed by atoms with Crippen molar-refractivity contribution in [2.45, 2.75) is 0 Å². The van der Waals surface area contributed by atoms with Crippen LogP contribution in [0.4, 0.5) is 11.4 Å². The molecule has 2 aromatic rings. The van der Waals surface area contributed by atoms with E-state index in [2.05, 4.69) is 5.32 Å². The van der Waals surface area contributed by atoms with Crippen LogP contribution in [-0.4, -0.2) is 11.0 Å². The first-order chi connectivity index (χ1) is 8.56. The number of nitrogen functional groups attached to an aromatic ring is 1. The van der Waals surface area contributed by atoms with Gasteiger partial charge in [-0.1, -0.05) is 11.6 Å². The van der Waals surface area contributed by atoms with Crippen LogP contribution in [0.1, 0.15) is 10.4 Å². The van der Waals surface area contributed by atoms with Gasteiger partial charge in [-0.2, -0.15) is 0 Å². The van der Waals surface area contributed by atoms with Crippen LogP contribution in [0.3, 0.4) is 0 Å². The molecule has 0 heterocycles. The summed E-state index contributed by atoms with van der Waals surface area (Å²) in [4.78, 5) is 11.9. The fourth-order valence-corrected chi connectivity index (χ4v) is 1.63. The molecule has 0 saturated carbocycles. The van der Waals surface area contributed by atoms with Crippen LogP contribution in [0, 0.1) is 0 Å². The molecule has 0 aliphatic heterocycles. The number of phenolic OH excluding ortho intramolecular Hbond substituents is 1. The first-order valence-electron chi connectivity index (χ1n) is 5.21. The Morgan fingerprint density at radius 3 is 2.44 bits per heavy atom. The SMILES string of the molecule is Nc1ccc(NC(=O)c2ccc(Cl)cc2O)cc1. The van der Waals surface area contributed by atoms with E-state index in [0.717, 1.165) is 0 Å². The Hall–Kier alpha value is -2.20. The molecule has 0 bridgehead atoms. The maximum atomic E-state index is 11.9. The van der Waals surface area contributed by atoms with Crippen LogP contribution in [0.15, 0.2) is 42.5 Å². The summed E-state index contributed by atoms with van der Waals surface area (Å²) in [7, 11) is 0. The van der Waals surface area contributed by atoms with Crippen molar-refractivity contribution in [3.63, 3.8) is 0 Å². The lowest BCUT2D eigenvalue weighted by Crippen LogP contribution is -2.11. The predicted molar refractivity (Wildman–Crippen MR) is 71.9 cm³/mol. The van der Waals surface area contributed by atoms with Crippen LogP contribution in [-0.2, 0) is 0 Å². The number of amides is 1. The Morgan fingerprint density at radius 1 is 1.17 bits per heavy atom. The van der Waals surface area contributed by atoms with Gasteiger partial charge >= 0.3 is 0 Å². The molecule has 0 radical (unpaired) electrons. The average molecular weight is 263 g/mol. The molecular weight excluding hydrogens is 252 g/mol. The van der Waals surface area contributed by atoms with Crippen LogP contribution < -0.4 is 11.1 Å². The molecule has 0 aliphatic rings. The van der Waals surface area contributed by atoms with Crippen molar-refractivity contribution in [2.75, 3.05) is 11.1 Å². The summed E-state index contributed by atoms with van der Waals surface area (Å²) in [6.45, 7) is 0. The van der Waals surface area contributed by atoms with Gasteiger partial charge in [0.2, 0.25) is 0 Å². The van der Waals surface area contributed by atoms with Crippen LogP contribution >= 0.6 is 11.6 Å². The van der Waals surface area contributed by atoms with Crippen molar-refractivity contribution in [3.8, 4) is 5.75 Å². The van der Waals surface area contributed by atoms with Gasteiger partial charge < -0.3 is 16.2 Å². The summed E-state index contributed by atoms with van der Waals surface area (Å²) in [6.07, 6.45) is 0. The molecule has 4 nitrogen and oxygen atoms in total. The molecule has 1 amide bonds. The zero-order valence-electron chi connectivity index (χ0n) is 9.35. The summed E-state index contributed by atoms with van der Waals surface area (Å²) in [5.74, 6) is -0.565. The lowest BCUT2D eigenvalue weighted by Gasteiger charge is -2.07. The molecular formula is C13H11ClN2O2. The van der Waals surface area contributed by atoms with Crippen LogP contribution in [0.25, 0.3) is 0 Å².